The normalized spacial score (nSPS) is 19.4. The maximum absolute atomic E-state index is 13.4. The second-order valence-electron chi connectivity index (χ2n) is 9.08. The van der Waals surface area contributed by atoms with Gasteiger partial charge in [0, 0.05) is 24.7 Å². The molecule has 3 aromatic rings. The molecular formula is C25H26Cl2N4O. The standard InChI is InChI=1S/C25H26Cl2N4O/c1-15-14-18-6-5-11-28-22(18)25(15)9-12-30(13-10-25)23-16(2)24(32)31(17(3)29-23)20-8-4-7-19(26)21(20)27/h4-8,11,15H,9-10,12-14H2,1-3H3/t15-/m1/s1. The predicted octanol–water partition coefficient (Wildman–Crippen LogP) is 5.28. The number of hydrogen-bond donors (Lipinski definition) is 0. The molecule has 5 nitrogen and oxygen atoms in total. The smallest absolute Gasteiger partial charge is 0.263 e. The van der Waals surface area contributed by atoms with E-state index in [2.05, 4.69) is 17.9 Å². The average Bonchev–Trinajstić information content (AvgIpc) is 3.05. The molecule has 0 saturated carbocycles. The second-order valence-corrected chi connectivity index (χ2v) is 9.87. The third-order valence-corrected chi connectivity index (χ3v) is 8.22. The van der Waals surface area contributed by atoms with Gasteiger partial charge in [-0.25, -0.2) is 4.98 Å². The number of aryl methyl sites for hydroxylation is 1. The lowest BCUT2D eigenvalue weighted by Crippen LogP contribution is -2.46. The molecule has 1 fully saturated rings. The SMILES string of the molecule is Cc1c(N2CCC3(CC2)c2ncccc2C[C@H]3C)nc(C)n(-c2cccc(Cl)c2Cl)c1=O. The molecular weight excluding hydrogens is 443 g/mol. The van der Waals surface area contributed by atoms with E-state index in [9.17, 15) is 4.79 Å². The zero-order chi connectivity index (χ0) is 22.6. The first-order valence-corrected chi connectivity index (χ1v) is 11.8. The average molecular weight is 469 g/mol. The fourth-order valence-electron chi connectivity index (χ4n) is 5.61. The minimum atomic E-state index is -0.113. The zero-order valence-corrected chi connectivity index (χ0v) is 20.0. The number of hydrogen-bond acceptors (Lipinski definition) is 4. The largest absolute Gasteiger partial charge is 0.356 e. The molecule has 32 heavy (non-hydrogen) atoms. The van der Waals surface area contributed by atoms with Crippen LogP contribution in [0, 0.1) is 19.8 Å². The number of benzene rings is 1. The number of fused-ring (bicyclic) bond motifs is 2. The van der Waals surface area contributed by atoms with Gasteiger partial charge in [0.1, 0.15) is 11.6 Å². The van der Waals surface area contributed by atoms with E-state index >= 15 is 0 Å². The summed E-state index contributed by atoms with van der Waals surface area (Å²) >= 11 is 12.6. The molecule has 5 rings (SSSR count). The van der Waals surface area contributed by atoms with Crippen LogP contribution in [0.15, 0.2) is 41.3 Å². The Morgan fingerprint density at radius 1 is 1.09 bits per heavy atom. The molecule has 7 heteroatoms. The van der Waals surface area contributed by atoms with Crippen molar-refractivity contribution in [1.82, 2.24) is 14.5 Å². The topological polar surface area (TPSA) is 51.0 Å². The minimum Gasteiger partial charge on any atom is -0.356 e. The zero-order valence-electron chi connectivity index (χ0n) is 18.5. The number of piperidine rings is 1. The van der Waals surface area contributed by atoms with E-state index in [4.69, 9.17) is 33.2 Å². The van der Waals surface area contributed by atoms with Crippen LogP contribution in [0.5, 0.6) is 0 Å². The molecule has 0 bridgehead atoms. The lowest BCUT2D eigenvalue weighted by atomic mass is 9.70. The Morgan fingerprint density at radius 2 is 1.84 bits per heavy atom. The highest BCUT2D eigenvalue weighted by molar-refractivity contribution is 6.43. The lowest BCUT2D eigenvalue weighted by molar-refractivity contribution is 0.244. The van der Waals surface area contributed by atoms with E-state index in [0.717, 1.165) is 38.2 Å². The van der Waals surface area contributed by atoms with Crippen molar-refractivity contribution in [2.45, 2.75) is 45.4 Å². The first-order chi connectivity index (χ1) is 15.3. The van der Waals surface area contributed by atoms with E-state index < -0.39 is 0 Å². The Bertz CT molecular complexity index is 1260. The van der Waals surface area contributed by atoms with Crippen LogP contribution in [0.25, 0.3) is 5.69 Å². The molecule has 0 N–H and O–H groups in total. The Kier molecular flexibility index (Phi) is 5.30. The van der Waals surface area contributed by atoms with Gasteiger partial charge in [0.15, 0.2) is 0 Å². The molecule has 1 spiro atoms. The molecule has 1 atom stereocenters. The van der Waals surface area contributed by atoms with Crippen LogP contribution >= 0.6 is 23.2 Å². The van der Waals surface area contributed by atoms with Gasteiger partial charge < -0.3 is 4.90 Å². The van der Waals surface area contributed by atoms with Crippen molar-refractivity contribution in [2.75, 3.05) is 18.0 Å². The molecule has 1 saturated heterocycles. The third-order valence-electron chi connectivity index (χ3n) is 7.41. The summed E-state index contributed by atoms with van der Waals surface area (Å²) in [6, 6.07) is 9.55. The molecule has 166 valence electrons. The van der Waals surface area contributed by atoms with Gasteiger partial charge in [0.25, 0.3) is 5.56 Å². The summed E-state index contributed by atoms with van der Waals surface area (Å²) in [5.41, 5.74) is 3.86. The highest BCUT2D eigenvalue weighted by Gasteiger charge is 2.47. The molecule has 2 aliphatic rings. The third kappa shape index (κ3) is 3.17. The summed E-state index contributed by atoms with van der Waals surface area (Å²) in [5, 5.41) is 0.771. The van der Waals surface area contributed by atoms with Crippen molar-refractivity contribution in [3.63, 3.8) is 0 Å². The highest BCUT2D eigenvalue weighted by Crippen LogP contribution is 2.49. The molecule has 3 heterocycles. The number of anilines is 1. The number of halogens is 2. The molecule has 2 aromatic heterocycles. The Morgan fingerprint density at radius 3 is 2.59 bits per heavy atom. The van der Waals surface area contributed by atoms with Crippen LogP contribution < -0.4 is 10.5 Å². The van der Waals surface area contributed by atoms with Crippen molar-refractivity contribution in [2.24, 2.45) is 5.92 Å². The van der Waals surface area contributed by atoms with Crippen LogP contribution in [0.3, 0.4) is 0 Å². The van der Waals surface area contributed by atoms with Gasteiger partial charge in [-0.1, -0.05) is 42.3 Å². The maximum Gasteiger partial charge on any atom is 0.263 e. The van der Waals surface area contributed by atoms with Gasteiger partial charge in [-0.3, -0.25) is 14.3 Å². The van der Waals surface area contributed by atoms with Crippen LogP contribution in [-0.4, -0.2) is 27.6 Å². The number of nitrogens with zero attached hydrogens (tertiary/aromatic N) is 4. The fourth-order valence-corrected chi connectivity index (χ4v) is 5.99. The summed E-state index contributed by atoms with van der Waals surface area (Å²) in [4.78, 5) is 25.3. The quantitative estimate of drug-likeness (QED) is 0.513. The van der Waals surface area contributed by atoms with E-state index in [1.165, 1.54) is 11.3 Å². The molecule has 1 aliphatic heterocycles. The predicted molar refractivity (Wildman–Crippen MR) is 130 cm³/mol. The van der Waals surface area contributed by atoms with Crippen LogP contribution in [0.1, 0.15) is 42.4 Å². The van der Waals surface area contributed by atoms with Crippen molar-refractivity contribution < 1.29 is 0 Å². The number of pyridine rings is 1. The Balaban J connectivity index is 1.48. The molecule has 1 aliphatic carbocycles. The summed E-state index contributed by atoms with van der Waals surface area (Å²) < 4.78 is 1.55. The van der Waals surface area contributed by atoms with Crippen molar-refractivity contribution in [3.05, 3.63) is 79.6 Å². The summed E-state index contributed by atoms with van der Waals surface area (Å²) in [6.45, 7) is 7.75. The summed E-state index contributed by atoms with van der Waals surface area (Å²) in [6.07, 6.45) is 5.04. The molecule has 0 unspecified atom stereocenters. The molecule has 1 aromatic carbocycles. The van der Waals surface area contributed by atoms with Crippen LogP contribution in [-0.2, 0) is 11.8 Å². The lowest BCUT2D eigenvalue weighted by Gasteiger charge is -2.43. The van der Waals surface area contributed by atoms with E-state index in [1.54, 1.807) is 22.8 Å². The second kappa shape index (κ2) is 7.89. The van der Waals surface area contributed by atoms with E-state index in [1.807, 2.05) is 26.1 Å². The van der Waals surface area contributed by atoms with Gasteiger partial charge in [0.05, 0.1) is 27.0 Å². The Hall–Kier alpha value is -2.37. The molecule has 0 radical (unpaired) electrons. The monoisotopic (exact) mass is 468 g/mol. The fraction of sp³-hybridized carbons (Fsp3) is 0.400. The summed E-state index contributed by atoms with van der Waals surface area (Å²) in [5.74, 6) is 1.94. The maximum atomic E-state index is 13.4. The summed E-state index contributed by atoms with van der Waals surface area (Å²) in [7, 11) is 0. The van der Waals surface area contributed by atoms with Crippen molar-refractivity contribution in [3.8, 4) is 5.69 Å². The number of aromatic nitrogens is 3. The first-order valence-electron chi connectivity index (χ1n) is 11.1. The Labute approximate surface area is 198 Å². The van der Waals surface area contributed by atoms with Gasteiger partial charge in [-0.15, -0.1) is 0 Å². The van der Waals surface area contributed by atoms with Gasteiger partial charge in [-0.05, 0) is 62.8 Å². The van der Waals surface area contributed by atoms with Gasteiger partial charge >= 0.3 is 0 Å². The van der Waals surface area contributed by atoms with Crippen LogP contribution in [0.4, 0.5) is 5.82 Å². The molecule has 0 amide bonds. The van der Waals surface area contributed by atoms with Gasteiger partial charge in [0.2, 0.25) is 0 Å². The van der Waals surface area contributed by atoms with Crippen molar-refractivity contribution >= 4 is 29.0 Å². The van der Waals surface area contributed by atoms with Crippen LogP contribution in [0.2, 0.25) is 10.0 Å². The number of rotatable bonds is 2. The van der Waals surface area contributed by atoms with E-state index in [0.29, 0.717) is 33.0 Å². The first kappa shape index (κ1) is 21.5. The van der Waals surface area contributed by atoms with Crippen molar-refractivity contribution in [1.29, 1.82) is 0 Å². The van der Waals surface area contributed by atoms with E-state index in [-0.39, 0.29) is 11.0 Å². The minimum absolute atomic E-state index is 0.113. The van der Waals surface area contributed by atoms with Gasteiger partial charge in [-0.2, -0.15) is 0 Å². The highest BCUT2D eigenvalue weighted by atomic mass is 35.5.